The highest BCUT2D eigenvalue weighted by Gasteiger charge is 2.29. The Kier molecular flexibility index (Phi) is 4.75. The summed E-state index contributed by atoms with van der Waals surface area (Å²) in [6.45, 7) is 7.86. The van der Waals surface area contributed by atoms with Gasteiger partial charge in [0.25, 0.3) is 0 Å². The average molecular weight is 364 g/mol. The Bertz CT molecular complexity index is 1020. The number of fused-ring (bicyclic) bond motifs is 2. The molecule has 2 aromatic carbocycles. The Balaban J connectivity index is 1.76. The van der Waals surface area contributed by atoms with Gasteiger partial charge in [-0.2, -0.15) is 0 Å². The van der Waals surface area contributed by atoms with E-state index in [2.05, 4.69) is 44.2 Å². The van der Waals surface area contributed by atoms with Gasteiger partial charge in [-0.3, -0.25) is 4.90 Å². The first kappa shape index (κ1) is 17.8. The van der Waals surface area contributed by atoms with Gasteiger partial charge >= 0.3 is 5.63 Å². The third-order valence-electron chi connectivity index (χ3n) is 5.63. The Labute approximate surface area is 159 Å². The van der Waals surface area contributed by atoms with Crippen molar-refractivity contribution in [1.29, 1.82) is 0 Å². The minimum absolute atomic E-state index is 0.283. The minimum Gasteiger partial charge on any atom is -0.444 e. The molecule has 0 spiro atoms. The van der Waals surface area contributed by atoms with Gasteiger partial charge < -0.3 is 9.15 Å². The lowest BCUT2D eigenvalue weighted by Crippen LogP contribution is -3.12. The molecule has 0 saturated carbocycles. The topological polar surface area (TPSA) is 43.9 Å². The summed E-state index contributed by atoms with van der Waals surface area (Å²) in [5.41, 5.74) is 4.89. The Morgan fingerprint density at radius 3 is 2.70 bits per heavy atom. The van der Waals surface area contributed by atoms with Crippen LogP contribution in [0, 0.1) is 6.92 Å². The van der Waals surface area contributed by atoms with Crippen molar-refractivity contribution in [3.8, 4) is 5.75 Å². The molecular formula is C23H26NO3+. The fourth-order valence-electron chi connectivity index (χ4n) is 4.10. The molecule has 0 aliphatic carbocycles. The SMILES string of the molecule is CCCc1cc(=O)oc2c(C)c3c(cc12)C[NH+]([C@H](C)c1ccccc1)CO3. The predicted molar refractivity (Wildman–Crippen MR) is 106 cm³/mol. The van der Waals surface area contributed by atoms with Crippen molar-refractivity contribution in [3.05, 3.63) is 75.1 Å². The molecule has 1 aromatic heterocycles. The molecule has 4 rings (SSSR count). The van der Waals surface area contributed by atoms with Crippen LogP contribution in [0.4, 0.5) is 0 Å². The highest BCUT2D eigenvalue weighted by Crippen LogP contribution is 2.34. The first-order valence-electron chi connectivity index (χ1n) is 9.70. The summed E-state index contributed by atoms with van der Waals surface area (Å²) in [7, 11) is 0. The van der Waals surface area contributed by atoms with Gasteiger partial charge in [0.2, 0.25) is 6.73 Å². The van der Waals surface area contributed by atoms with Gasteiger partial charge in [-0.15, -0.1) is 0 Å². The summed E-state index contributed by atoms with van der Waals surface area (Å²) in [4.78, 5) is 13.4. The maximum atomic E-state index is 12.0. The average Bonchev–Trinajstić information content (AvgIpc) is 2.69. The summed E-state index contributed by atoms with van der Waals surface area (Å²) >= 11 is 0. The normalized spacial score (nSPS) is 17.4. The molecule has 0 saturated heterocycles. The number of nitrogens with one attached hydrogen (secondary N) is 1. The maximum Gasteiger partial charge on any atom is 0.336 e. The maximum absolute atomic E-state index is 12.0. The van der Waals surface area contributed by atoms with Gasteiger partial charge in [-0.25, -0.2) is 4.79 Å². The molecule has 1 N–H and O–H groups in total. The number of hydrogen-bond donors (Lipinski definition) is 1. The quantitative estimate of drug-likeness (QED) is 0.720. The van der Waals surface area contributed by atoms with Crippen LogP contribution in [0.2, 0.25) is 0 Å². The van der Waals surface area contributed by atoms with Crippen molar-refractivity contribution in [2.75, 3.05) is 6.73 Å². The summed E-state index contributed by atoms with van der Waals surface area (Å²) in [5.74, 6) is 0.878. The summed E-state index contributed by atoms with van der Waals surface area (Å²) in [6, 6.07) is 14.7. The predicted octanol–water partition coefficient (Wildman–Crippen LogP) is 3.55. The van der Waals surface area contributed by atoms with E-state index in [4.69, 9.17) is 9.15 Å². The standard InChI is InChI=1S/C23H25NO3/c1-4-8-18-12-21(25)27-23-15(2)22-19(11-20(18)23)13-24(14-26-22)16(3)17-9-6-5-7-10-17/h5-7,9-12,16H,4,8,13-14H2,1-3H3/p+1/t16-/m1/s1. The lowest BCUT2D eigenvalue weighted by molar-refractivity contribution is -0.960. The third kappa shape index (κ3) is 3.26. The van der Waals surface area contributed by atoms with E-state index in [9.17, 15) is 4.79 Å². The van der Waals surface area contributed by atoms with Crippen LogP contribution in [0.25, 0.3) is 11.0 Å². The van der Waals surface area contributed by atoms with E-state index < -0.39 is 0 Å². The molecule has 140 valence electrons. The number of hydrogen-bond acceptors (Lipinski definition) is 3. The lowest BCUT2D eigenvalue weighted by atomic mass is 9.98. The van der Waals surface area contributed by atoms with Crippen LogP contribution in [-0.2, 0) is 13.0 Å². The number of aryl methyl sites for hydroxylation is 2. The highest BCUT2D eigenvalue weighted by molar-refractivity contribution is 5.86. The van der Waals surface area contributed by atoms with Crippen LogP contribution in [0.15, 0.2) is 51.7 Å². The molecule has 0 amide bonds. The second-order valence-electron chi connectivity index (χ2n) is 7.46. The molecule has 0 bridgehead atoms. The zero-order chi connectivity index (χ0) is 19.0. The first-order chi connectivity index (χ1) is 13.1. The van der Waals surface area contributed by atoms with Crippen molar-refractivity contribution in [1.82, 2.24) is 0 Å². The van der Waals surface area contributed by atoms with Crippen molar-refractivity contribution >= 4 is 11.0 Å². The molecule has 1 unspecified atom stereocenters. The van der Waals surface area contributed by atoms with Crippen LogP contribution in [0.5, 0.6) is 5.75 Å². The molecule has 0 fully saturated rings. The van der Waals surface area contributed by atoms with Crippen molar-refractivity contribution in [2.24, 2.45) is 0 Å². The zero-order valence-corrected chi connectivity index (χ0v) is 16.2. The van der Waals surface area contributed by atoms with Crippen LogP contribution in [-0.4, -0.2) is 6.73 Å². The van der Waals surface area contributed by atoms with E-state index >= 15 is 0 Å². The monoisotopic (exact) mass is 364 g/mol. The van der Waals surface area contributed by atoms with Gasteiger partial charge in [0.05, 0.1) is 0 Å². The van der Waals surface area contributed by atoms with Crippen LogP contribution in [0.1, 0.15) is 48.6 Å². The van der Waals surface area contributed by atoms with Crippen LogP contribution < -0.4 is 15.3 Å². The second-order valence-corrected chi connectivity index (χ2v) is 7.46. The molecule has 2 heterocycles. The van der Waals surface area contributed by atoms with Gasteiger partial charge in [-0.1, -0.05) is 43.7 Å². The molecule has 0 radical (unpaired) electrons. The smallest absolute Gasteiger partial charge is 0.336 e. The summed E-state index contributed by atoms with van der Waals surface area (Å²) in [5, 5.41) is 1.05. The summed E-state index contributed by atoms with van der Waals surface area (Å²) < 4.78 is 11.7. The molecule has 3 aromatic rings. The van der Waals surface area contributed by atoms with Crippen molar-refractivity contribution < 1.29 is 14.1 Å². The Hall–Kier alpha value is -2.59. The van der Waals surface area contributed by atoms with E-state index in [1.54, 1.807) is 6.07 Å². The minimum atomic E-state index is -0.283. The van der Waals surface area contributed by atoms with Crippen LogP contribution >= 0.6 is 0 Å². The molecule has 4 heteroatoms. The van der Waals surface area contributed by atoms with E-state index in [-0.39, 0.29) is 5.63 Å². The van der Waals surface area contributed by atoms with Gasteiger partial charge in [-0.05, 0) is 31.9 Å². The Morgan fingerprint density at radius 1 is 1.19 bits per heavy atom. The van der Waals surface area contributed by atoms with Gasteiger partial charge in [0.1, 0.15) is 23.9 Å². The molecule has 27 heavy (non-hydrogen) atoms. The van der Waals surface area contributed by atoms with Gasteiger partial charge in [0.15, 0.2) is 0 Å². The number of rotatable bonds is 4. The van der Waals surface area contributed by atoms with E-state index in [1.807, 2.05) is 13.0 Å². The highest BCUT2D eigenvalue weighted by atomic mass is 16.5. The molecule has 1 aliphatic rings. The van der Waals surface area contributed by atoms with Crippen molar-refractivity contribution in [2.45, 2.75) is 46.2 Å². The molecule has 4 nitrogen and oxygen atoms in total. The Morgan fingerprint density at radius 2 is 1.96 bits per heavy atom. The number of ether oxygens (including phenoxy) is 1. The molecule has 1 aliphatic heterocycles. The molecular weight excluding hydrogens is 338 g/mol. The van der Waals surface area contributed by atoms with Gasteiger partial charge in [0, 0.05) is 28.1 Å². The van der Waals surface area contributed by atoms with E-state index in [0.29, 0.717) is 18.4 Å². The lowest BCUT2D eigenvalue weighted by Gasteiger charge is -2.31. The van der Waals surface area contributed by atoms with E-state index in [1.165, 1.54) is 16.0 Å². The van der Waals surface area contributed by atoms with E-state index in [0.717, 1.165) is 41.6 Å². The second kappa shape index (κ2) is 7.20. The third-order valence-corrected chi connectivity index (χ3v) is 5.63. The van der Waals surface area contributed by atoms with Crippen molar-refractivity contribution in [3.63, 3.8) is 0 Å². The molecule has 2 atom stereocenters. The number of quaternary nitrogens is 1. The van der Waals surface area contributed by atoms with Crippen LogP contribution in [0.3, 0.4) is 0 Å². The fraction of sp³-hybridized carbons (Fsp3) is 0.348. The zero-order valence-electron chi connectivity index (χ0n) is 16.2. The largest absolute Gasteiger partial charge is 0.444 e. The first-order valence-corrected chi connectivity index (χ1v) is 9.70. The summed E-state index contributed by atoms with van der Waals surface area (Å²) in [6.07, 6.45) is 1.87. The fourth-order valence-corrected chi connectivity index (χ4v) is 4.10. The number of benzene rings is 2.